The van der Waals surface area contributed by atoms with Crippen molar-refractivity contribution >= 4 is 18.2 Å². The Balaban J connectivity index is 1.83. The van der Waals surface area contributed by atoms with E-state index in [1.165, 1.54) is 28.8 Å². The molecule has 0 spiro atoms. The summed E-state index contributed by atoms with van der Waals surface area (Å²) in [6, 6.07) is 19.5. The molecule has 2 aromatic carbocycles. The molecule has 2 unspecified atom stereocenters. The lowest BCUT2D eigenvalue weighted by atomic mass is 9.90. The van der Waals surface area contributed by atoms with Gasteiger partial charge in [0, 0.05) is 31.3 Å². The Bertz CT molecular complexity index is 755. The maximum atomic E-state index is 12.7. The minimum absolute atomic E-state index is 0.0349. The minimum Gasteiger partial charge on any atom is -0.338 e. The monoisotopic (exact) mass is 398 g/mol. The molecule has 1 aliphatic heterocycles. The van der Waals surface area contributed by atoms with E-state index >= 15 is 0 Å². The topological polar surface area (TPSA) is 56.4 Å². The third kappa shape index (κ3) is 5.28. The normalized spacial score (nSPS) is 19.4. The van der Waals surface area contributed by atoms with Gasteiger partial charge < -0.3 is 10.2 Å². The summed E-state index contributed by atoms with van der Waals surface area (Å²) in [6.45, 7) is 3.42. The fraction of sp³-hybridized carbons (Fsp3) is 0.409. The fourth-order valence-corrected chi connectivity index (χ4v) is 4.38. The van der Waals surface area contributed by atoms with Gasteiger partial charge in [0.15, 0.2) is 0 Å². The Kier molecular flexibility index (Phi) is 7.77. The van der Waals surface area contributed by atoms with Gasteiger partial charge in [0.05, 0.1) is 6.04 Å². The highest BCUT2D eigenvalue weighted by Crippen LogP contribution is 2.25. The van der Waals surface area contributed by atoms with E-state index in [1.54, 1.807) is 0 Å². The molecule has 0 aliphatic carbocycles. The molecule has 2 amide bonds. The second-order valence-electron chi connectivity index (χ2n) is 7.04. The highest BCUT2D eigenvalue weighted by Gasteiger charge is 2.34. The quantitative estimate of drug-likeness (QED) is 0.621. The van der Waals surface area contributed by atoms with Crippen LogP contribution < -0.4 is 14.8 Å². The number of benzene rings is 2. The summed E-state index contributed by atoms with van der Waals surface area (Å²) in [5, 5.41) is 2.98. The molecule has 3 rings (SSSR count). The van der Waals surface area contributed by atoms with Gasteiger partial charge in [-0.1, -0.05) is 54.6 Å². The summed E-state index contributed by atoms with van der Waals surface area (Å²) >= 11 is 1.50. The molecule has 1 aliphatic rings. The van der Waals surface area contributed by atoms with E-state index in [1.807, 2.05) is 24.9 Å². The van der Waals surface area contributed by atoms with Crippen LogP contribution in [0.1, 0.15) is 25.3 Å². The molecule has 0 radical (unpaired) electrons. The standard InChI is InChI=1S/C22H30N4OS/c1-3-24-22(27)26-14-8-13-20(25-28-23-2)21(26)16-17-9-7-12-19(15-17)18-10-5-4-6-11-18/h4-7,9-12,15,20-21,23,25H,3,8,13-14,16H2,1-2H3,(H,24,27). The zero-order valence-electron chi connectivity index (χ0n) is 16.7. The number of likely N-dealkylation sites (tertiary alicyclic amines) is 1. The first kappa shape index (κ1) is 20.7. The van der Waals surface area contributed by atoms with Crippen LogP contribution in [0.5, 0.6) is 0 Å². The smallest absolute Gasteiger partial charge is 0.317 e. The van der Waals surface area contributed by atoms with E-state index in [-0.39, 0.29) is 18.1 Å². The zero-order chi connectivity index (χ0) is 19.8. The maximum Gasteiger partial charge on any atom is 0.317 e. The molecule has 0 bridgehead atoms. The molecule has 6 heteroatoms. The number of nitrogens with zero attached hydrogens (tertiary/aromatic N) is 1. The molecule has 1 saturated heterocycles. The van der Waals surface area contributed by atoms with E-state index in [4.69, 9.17) is 0 Å². The van der Waals surface area contributed by atoms with Gasteiger partial charge in [0.25, 0.3) is 0 Å². The van der Waals surface area contributed by atoms with Crippen molar-refractivity contribution in [3.8, 4) is 11.1 Å². The number of rotatable bonds is 7. The number of urea groups is 1. The molecule has 3 N–H and O–H groups in total. The Morgan fingerprint density at radius 2 is 1.93 bits per heavy atom. The number of hydrogen-bond acceptors (Lipinski definition) is 4. The molecule has 2 aromatic rings. The van der Waals surface area contributed by atoms with Gasteiger partial charge >= 0.3 is 6.03 Å². The largest absolute Gasteiger partial charge is 0.338 e. The molecule has 150 valence electrons. The minimum atomic E-state index is 0.0349. The molecule has 1 heterocycles. The summed E-state index contributed by atoms with van der Waals surface area (Å²) in [7, 11) is 1.90. The predicted molar refractivity (Wildman–Crippen MR) is 118 cm³/mol. The Labute approximate surface area is 172 Å². The van der Waals surface area contributed by atoms with Crippen molar-refractivity contribution in [2.45, 2.75) is 38.3 Å². The average Bonchev–Trinajstić information content (AvgIpc) is 2.74. The highest BCUT2D eigenvalue weighted by molar-refractivity contribution is 7.95. The summed E-state index contributed by atoms with van der Waals surface area (Å²) in [5.41, 5.74) is 3.69. The molecule has 2 atom stereocenters. The molecule has 28 heavy (non-hydrogen) atoms. The van der Waals surface area contributed by atoms with Gasteiger partial charge in [-0.15, -0.1) is 0 Å². The first-order valence-electron chi connectivity index (χ1n) is 10.00. The molecule has 1 fully saturated rings. The van der Waals surface area contributed by atoms with Crippen LogP contribution in [0.4, 0.5) is 4.79 Å². The van der Waals surface area contributed by atoms with Gasteiger partial charge in [-0.3, -0.25) is 4.72 Å². The second-order valence-corrected chi connectivity index (χ2v) is 7.89. The molecule has 0 aromatic heterocycles. The second kappa shape index (κ2) is 10.5. The lowest BCUT2D eigenvalue weighted by Crippen LogP contribution is -2.58. The predicted octanol–water partition coefficient (Wildman–Crippen LogP) is 3.83. The Morgan fingerprint density at radius 1 is 1.14 bits per heavy atom. The van der Waals surface area contributed by atoms with Crippen LogP contribution in [0.15, 0.2) is 54.6 Å². The van der Waals surface area contributed by atoms with Crippen molar-refractivity contribution in [1.29, 1.82) is 0 Å². The van der Waals surface area contributed by atoms with Crippen molar-refractivity contribution in [1.82, 2.24) is 19.7 Å². The van der Waals surface area contributed by atoms with E-state index in [2.05, 4.69) is 63.3 Å². The number of piperidine rings is 1. The van der Waals surface area contributed by atoms with Gasteiger partial charge in [0.2, 0.25) is 0 Å². The number of carbonyl (C=O) groups excluding carboxylic acids is 1. The number of carbonyl (C=O) groups is 1. The van der Waals surface area contributed by atoms with Crippen LogP contribution in [0, 0.1) is 0 Å². The zero-order valence-corrected chi connectivity index (χ0v) is 17.5. The first-order chi connectivity index (χ1) is 13.7. The van der Waals surface area contributed by atoms with Crippen LogP contribution in [0.3, 0.4) is 0 Å². The first-order valence-corrected chi connectivity index (χ1v) is 10.8. The van der Waals surface area contributed by atoms with Crippen LogP contribution >= 0.6 is 12.1 Å². The molecule has 0 saturated carbocycles. The van der Waals surface area contributed by atoms with E-state index in [0.717, 1.165) is 25.8 Å². The maximum absolute atomic E-state index is 12.7. The number of amides is 2. The third-order valence-electron chi connectivity index (χ3n) is 5.16. The molecular formula is C22H30N4OS. The lowest BCUT2D eigenvalue weighted by Gasteiger charge is -2.41. The number of hydrogen-bond donors (Lipinski definition) is 3. The van der Waals surface area contributed by atoms with E-state index < -0.39 is 0 Å². The van der Waals surface area contributed by atoms with Crippen LogP contribution in [0.25, 0.3) is 11.1 Å². The highest BCUT2D eigenvalue weighted by atomic mass is 32.2. The summed E-state index contributed by atoms with van der Waals surface area (Å²) in [6.07, 6.45) is 2.91. The number of nitrogens with one attached hydrogen (secondary N) is 3. The van der Waals surface area contributed by atoms with E-state index in [0.29, 0.717) is 6.54 Å². The van der Waals surface area contributed by atoms with Crippen molar-refractivity contribution < 1.29 is 4.79 Å². The van der Waals surface area contributed by atoms with E-state index in [9.17, 15) is 4.79 Å². The lowest BCUT2D eigenvalue weighted by molar-refractivity contribution is 0.135. The van der Waals surface area contributed by atoms with Crippen LogP contribution in [-0.4, -0.2) is 43.2 Å². The summed E-state index contributed by atoms with van der Waals surface area (Å²) < 4.78 is 6.58. The Morgan fingerprint density at radius 3 is 2.68 bits per heavy atom. The van der Waals surface area contributed by atoms with Gasteiger partial charge in [0.1, 0.15) is 0 Å². The fourth-order valence-electron chi connectivity index (χ4n) is 3.84. The van der Waals surface area contributed by atoms with Crippen molar-refractivity contribution in [2.24, 2.45) is 0 Å². The van der Waals surface area contributed by atoms with Crippen molar-refractivity contribution in [3.63, 3.8) is 0 Å². The molecule has 5 nitrogen and oxygen atoms in total. The molecular weight excluding hydrogens is 368 g/mol. The van der Waals surface area contributed by atoms with Crippen molar-refractivity contribution in [2.75, 3.05) is 20.1 Å². The summed E-state index contributed by atoms with van der Waals surface area (Å²) in [4.78, 5) is 14.7. The SMILES string of the molecule is CCNC(=O)N1CCCC(NSNC)C1Cc1cccc(-c2ccccc2)c1. The van der Waals surface area contributed by atoms with Crippen LogP contribution in [0.2, 0.25) is 0 Å². The van der Waals surface area contributed by atoms with Gasteiger partial charge in [-0.25, -0.2) is 9.52 Å². The third-order valence-corrected chi connectivity index (χ3v) is 5.78. The Hall–Kier alpha value is -2.02. The van der Waals surface area contributed by atoms with Crippen LogP contribution in [-0.2, 0) is 6.42 Å². The summed E-state index contributed by atoms with van der Waals surface area (Å²) in [5.74, 6) is 0. The van der Waals surface area contributed by atoms with Gasteiger partial charge in [-0.2, -0.15) is 0 Å². The average molecular weight is 399 g/mol. The van der Waals surface area contributed by atoms with Crippen molar-refractivity contribution in [3.05, 3.63) is 60.2 Å². The van der Waals surface area contributed by atoms with Gasteiger partial charge in [-0.05, 0) is 49.9 Å².